The van der Waals surface area contributed by atoms with Crippen LogP contribution in [0.1, 0.15) is 27.2 Å². The molecule has 0 amide bonds. The van der Waals surface area contributed by atoms with Crippen molar-refractivity contribution < 1.29 is 4.79 Å². The largest absolute Gasteiger partial charge is 0.295 e. The minimum atomic E-state index is 0.225. The fourth-order valence-corrected chi connectivity index (χ4v) is 0.912. The van der Waals surface area contributed by atoms with Crippen LogP contribution in [-0.4, -0.2) is 5.78 Å². The molecular formula is C9H13IO. The molecule has 0 atom stereocenters. The summed E-state index contributed by atoms with van der Waals surface area (Å²) < 4.78 is 1.96. The first-order valence-corrected chi connectivity index (χ1v) is 4.84. The van der Waals surface area contributed by atoms with Gasteiger partial charge in [0.25, 0.3) is 0 Å². The van der Waals surface area contributed by atoms with Gasteiger partial charge in [0, 0.05) is 6.42 Å². The molecule has 0 bridgehead atoms. The molecule has 11 heavy (non-hydrogen) atoms. The van der Waals surface area contributed by atoms with Crippen molar-refractivity contribution >= 4 is 28.4 Å². The molecule has 0 radical (unpaired) electrons. The van der Waals surface area contributed by atoms with Crippen LogP contribution in [0.3, 0.4) is 0 Å². The van der Waals surface area contributed by atoms with Gasteiger partial charge in [0.2, 0.25) is 0 Å². The lowest BCUT2D eigenvalue weighted by atomic mass is 10.1. The lowest BCUT2D eigenvalue weighted by Gasteiger charge is -1.96. The molecule has 0 N–H and O–H groups in total. The van der Waals surface area contributed by atoms with Crippen LogP contribution in [0.4, 0.5) is 0 Å². The minimum absolute atomic E-state index is 0.225. The second-order valence-electron chi connectivity index (χ2n) is 2.46. The fraction of sp³-hybridized carbons (Fsp3) is 0.444. The Hall–Kier alpha value is -0.120. The Morgan fingerprint density at radius 1 is 1.45 bits per heavy atom. The van der Waals surface area contributed by atoms with Gasteiger partial charge in [-0.25, -0.2) is 0 Å². The summed E-state index contributed by atoms with van der Waals surface area (Å²) in [6.07, 6.45) is 2.51. The zero-order valence-electron chi connectivity index (χ0n) is 7.15. The lowest BCUT2D eigenvalue weighted by Crippen LogP contribution is -1.96. The molecule has 0 aromatic rings. The van der Waals surface area contributed by atoms with Gasteiger partial charge < -0.3 is 0 Å². The summed E-state index contributed by atoms with van der Waals surface area (Å²) in [7, 11) is 0. The van der Waals surface area contributed by atoms with E-state index < -0.39 is 0 Å². The molecule has 0 aliphatic heterocycles. The molecule has 0 aromatic heterocycles. The molecule has 2 heteroatoms. The summed E-state index contributed by atoms with van der Waals surface area (Å²) in [5.74, 6) is 0.225. The molecule has 0 unspecified atom stereocenters. The number of allylic oxidation sites excluding steroid dienone is 3. The van der Waals surface area contributed by atoms with Crippen molar-refractivity contribution in [2.75, 3.05) is 0 Å². The first-order valence-electron chi connectivity index (χ1n) is 3.60. The maximum absolute atomic E-state index is 11.1. The Morgan fingerprint density at radius 2 is 2.00 bits per heavy atom. The molecule has 0 spiro atoms. The van der Waals surface area contributed by atoms with Crippen molar-refractivity contribution in [1.29, 1.82) is 0 Å². The highest BCUT2D eigenvalue weighted by Crippen LogP contribution is 2.06. The highest BCUT2D eigenvalue weighted by atomic mass is 127. The smallest absolute Gasteiger partial charge is 0.158 e. The van der Waals surface area contributed by atoms with Gasteiger partial charge in [0.1, 0.15) is 0 Å². The third-order valence-corrected chi connectivity index (χ3v) is 2.36. The van der Waals surface area contributed by atoms with Crippen LogP contribution < -0.4 is 0 Å². The molecule has 0 aliphatic carbocycles. The average Bonchev–Trinajstić information content (AvgIpc) is 2.02. The number of halogens is 1. The predicted octanol–water partition coefficient (Wildman–Crippen LogP) is 3.25. The van der Waals surface area contributed by atoms with Crippen LogP contribution in [0.2, 0.25) is 0 Å². The van der Waals surface area contributed by atoms with E-state index in [1.165, 1.54) is 0 Å². The number of Topliss-reactive ketones (excluding diaryl/α,β-unsaturated/α-hetero) is 1. The van der Waals surface area contributed by atoms with E-state index in [-0.39, 0.29) is 5.78 Å². The van der Waals surface area contributed by atoms with Gasteiger partial charge in [-0.05, 0) is 29.1 Å². The normalized spacial score (nSPS) is 13.5. The van der Waals surface area contributed by atoms with Crippen molar-refractivity contribution in [3.05, 3.63) is 21.3 Å². The topological polar surface area (TPSA) is 17.1 Å². The standard InChI is InChI=1S/C9H13IO/c1-4-9(11)8(3)5-7(2)6-10/h5-6H,4H2,1-3H3/b7-6+,8-5+. The van der Waals surface area contributed by atoms with E-state index >= 15 is 0 Å². The molecular weight excluding hydrogens is 251 g/mol. The Kier molecular flexibility index (Phi) is 5.46. The minimum Gasteiger partial charge on any atom is -0.295 e. The second kappa shape index (κ2) is 5.52. The molecule has 0 saturated carbocycles. The van der Waals surface area contributed by atoms with Crippen LogP contribution in [-0.2, 0) is 4.79 Å². The van der Waals surface area contributed by atoms with Crippen LogP contribution in [0, 0.1) is 0 Å². The number of carbonyl (C=O) groups excluding carboxylic acids is 1. The van der Waals surface area contributed by atoms with Crippen LogP contribution in [0.5, 0.6) is 0 Å². The zero-order valence-corrected chi connectivity index (χ0v) is 9.31. The first-order chi connectivity index (χ1) is 5.11. The Bertz CT molecular complexity index is 202. The maximum atomic E-state index is 11.1. The van der Waals surface area contributed by atoms with E-state index in [0.29, 0.717) is 6.42 Å². The monoisotopic (exact) mass is 264 g/mol. The Balaban J connectivity index is 4.34. The molecule has 0 aromatic carbocycles. The average molecular weight is 264 g/mol. The van der Waals surface area contributed by atoms with Gasteiger partial charge in [-0.3, -0.25) is 4.79 Å². The van der Waals surface area contributed by atoms with E-state index in [1.807, 2.05) is 30.9 Å². The van der Waals surface area contributed by atoms with E-state index in [2.05, 4.69) is 22.6 Å². The lowest BCUT2D eigenvalue weighted by molar-refractivity contribution is -0.115. The SMILES string of the molecule is CCC(=O)/C(C)=C/C(C)=C/I. The van der Waals surface area contributed by atoms with Crippen LogP contribution in [0.25, 0.3) is 0 Å². The molecule has 0 heterocycles. The number of rotatable bonds is 3. The number of hydrogen-bond donors (Lipinski definition) is 0. The van der Waals surface area contributed by atoms with Crippen molar-refractivity contribution in [2.45, 2.75) is 27.2 Å². The summed E-state index contributed by atoms with van der Waals surface area (Å²) >= 11 is 2.16. The van der Waals surface area contributed by atoms with Crippen molar-refractivity contribution in [2.24, 2.45) is 0 Å². The van der Waals surface area contributed by atoms with Crippen LogP contribution in [0.15, 0.2) is 21.3 Å². The van der Waals surface area contributed by atoms with Gasteiger partial charge in [-0.2, -0.15) is 0 Å². The van der Waals surface area contributed by atoms with Gasteiger partial charge in [0.05, 0.1) is 0 Å². The molecule has 0 saturated heterocycles. The number of hydrogen-bond acceptors (Lipinski definition) is 1. The molecule has 0 fully saturated rings. The summed E-state index contributed by atoms with van der Waals surface area (Å²) in [6.45, 7) is 5.72. The zero-order chi connectivity index (χ0) is 8.85. The molecule has 1 nitrogen and oxygen atoms in total. The van der Waals surface area contributed by atoms with E-state index in [4.69, 9.17) is 0 Å². The van der Waals surface area contributed by atoms with Gasteiger partial charge in [-0.1, -0.05) is 35.6 Å². The van der Waals surface area contributed by atoms with Gasteiger partial charge in [-0.15, -0.1) is 0 Å². The third-order valence-electron chi connectivity index (χ3n) is 1.38. The Labute approximate surface area is 81.7 Å². The fourth-order valence-electron chi connectivity index (χ4n) is 0.732. The van der Waals surface area contributed by atoms with Crippen molar-refractivity contribution in [3.63, 3.8) is 0 Å². The summed E-state index contributed by atoms with van der Waals surface area (Å²) in [5.41, 5.74) is 1.97. The molecule has 0 rings (SSSR count). The summed E-state index contributed by atoms with van der Waals surface area (Å²) in [5, 5.41) is 0. The molecule has 0 aliphatic rings. The van der Waals surface area contributed by atoms with Crippen molar-refractivity contribution in [3.8, 4) is 0 Å². The quantitative estimate of drug-likeness (QED) is 0.434. The van der Waals surface area contributed by atoms with E-state index in [0.717, 1.165) is 11.1 Å². The molecule has 62 valence electrons. The number of ketones is 1. The van der Waals surface area contributed by atoms with E-state index in [9.17, 15) is 4.79 Å². The van der Waals surface area contributed by atoms with E-state index in [1.54, 1.807) is 0 Å². The second-order valence-corrected chi connectivity index (χ2v) is 3.08. The third kappa shape index (κ3) is 4.35. The van der Waals surface area contributed by atoms with Crippen LogP contribution >= 0.6 is 22.6 Å². The highest BCUT2D eigenvalue weighted by molar-refractivity contribution is 14.1. The maximum Gasteiger partial charge on any atom is 0.158 e. The Morgan fingerprint density at radius 3 is 2.36 bits per heavy atom. The predicted molar refractivity (Wildman–Crippen MR) is 56.8 cm³/mol. The van der Waals surface area contributed by atoms with Gasteiger partial charge in [0.15, 0.2) is 5.78 Å². The summed E-state index contributed by atoms with van der Waals surface area (Å²) in [4.78, 5) is 11.1. The highest BCUT2D eigenvalue weighted by Gasteiger charge is 1.99. The number of carbonyl (C=O) groups is 1. The van der Waals surface area contributed by atoms with Crippen molar-refractivity contribution in [1.82, 2.24) is 0 Å². The van der Waals surface area contributed by atoms with Gasteiger partial charge >= 0.3 is 0 Å². The summed E-state index contributed by atoms with van der Waals surface area (Å²) in [6, 6.07) is 0. The first kappa shape index (κ1) is 10.9.